The highest BCUT2D eigenvalue weighted by atomic mass is 32.2. The second kappa shape index (κ2) is 10.2. The highest BCUT2D eigenvalue weighted by Crippen LogP contribution is 2.18. The Balaban J connectivity index is 1.97. The van der Waals surface area contributed by atoms with Crippen LogP contribution in [0.3, 0.4) is 0 Å². The summed E-state index contributed by atoms with van der Waals surface area (Å²) in [5.74, 6) is -1.79. The number of nitrogens with zero attached hydrogens (tertiary/aromatic N) is 1. The molecule has 2 aromatic rings. The lowest BCUT2D eigenvalue weighted by molar-refractivity contribution is -0.133. The van der Waals surface area contributed by atoms with Crippen LogP contribution < -0.4 is 9.46 Å². The molecule has 1 amide bonds. The van der Waals surface area contributed by atoms with Crippen molar-refractivity contribution in [2.75, 3.05) is 27.3 Å². The van der Waals surface area contributed by atoms with Crippen molar-refractivity contribution in [2.45, 2.75) is 18.4 Å². The van der Waals surface area contributed by atoms with Crippen LogP contribution >= 0.6 is 0 Å². The Bertz CT molecular complexity index is 1030. The van der Waals surface area contributed by atoms with Crippen molar-refractivity contribution in [1.82, 2.24) is 9.62 Å². The first-order chi connectivity index (χ1) is 14.2. The summed E-state index contributed by atoms with van der Waals surface area (Å²) in [7, 11) is -0.884. The standard InChI is InChI=1S/C20H23FN2O6S/c1-4-22-30(26,27)16-7-5-6-15(11-16)20(25)29-13-19(24)23(2)12-14-8-9-18(28-3)17(21)10-14/h5-11,22H,4,12-13H2,1-3H3. The number of sulfonamides is 1. The molecule has 0 fully saturated rings. The smallest absolute Gasteiger partial charge is 0.338 e. The Morgan fingerprint density at radius 3 is 2.53 bits per heavy atom. The number of rotatable bonds is 9. The fourth-order valence-corrected chi connectivity index (χ4v) is 3.64. The van der Waals surface area contributed by atoms with Crippen LogP contribution in [-0.2, 0) is 26.1 Å². The molecule has 0 unspecified atom stereocenters. The fraction of sp³-hybridized carbons (Fsp3) is 0.300. The highest BCUT2D eigenvalue weighted by molar-refractivity contribution is 7.89. The predicted molar refractivity (Wildman–Crippen MR) is 107 cm³/mol. The molecule has 0 saturated heterocycles. The van der Waals surface area contributed by atoms with E-state index in [1.807, 2.05) is 0 Å². The van der Waals surface area contributed by atoms with Crippen molar-refractivity contribution in [1.29, 1.82) is 0 Å². The number of hydrogen-bond acceptors (Lipinski definition) is 6. The molecule has 0 aromatic heterocycles. The van der Waals surface area contributed by atoms with Gasteiger partial charge in [0.25, 0.3) is 5.91 Å². The van der Waals surface area contributed by atoms with Gasteiger partial charge in [-0.3, -0.25) is 4.79 Å². The van der Waals surface area contributed by atoms with Gasteiger partial charge in [-0.15, -0.1) is 0 Å². The van der Waals surface area contributed by atoms with E-state index in [9.17, 15) is 22.4 Å². The van der Waals surface area contributed by atoms with E-state index < -0.39 is 34.3 Å². The zero-order valence-corrected chi connectivity index (χ0v) is 17.7. The topological polar surface area (TPSA) is 102 Å². The third kappa shape index (κ3) is 6.01. The normalized spacial score (nSPS) is 11.1. The van der Waals surface area contributed by atoms with Crippen LogP contribution in [-0.4, -0.2) is 52.5 Å². The number of ether oxygens (including phenoxy) is 2. The number of methoxy groups -OCH3 is 1. The van der Waals surface area contributed by atoms with Gasteiger partial charge in [0.15, 0.2) is 18.2 Å². The summed E-state index contributed by atoms with van der Waals surface area (Å²) in [4.78, 5) is 25.6. The SMILES string of the molecule is CCNS(=O)(=O)c1cccc(C(=O)OCC(=O)N(C)Cc2ccc(OC)c(F)c2)c1. The van der Waals surface area contributed by atoms with Crippen LogP contribution in [0.15, 0.2) is 47.4 Å². The number of likely N-dealkylation sites (N-methyl/N-ethyl adjacent to an activating group) is 1. The van der Waals surface area contributed by atoms with Gasteiger partial charge in [-0.05, 0) is 35.9 Å². The first kappa shape index (κ1) is 23.3. The average Bonchev–Trinajstić information content (AvgIpc) is 2.72. The van der Waals surface area contributed by atoms with Gasteiger partial charge in [-0.2, -0.15) is 0 Å². The van der Waals surface area contributed by atoms with E-state index in [2.05, 4.69) is 4.72 Å². The second-order valence-electron chi connectivity index (χ2n) is 6.32. The number of halogens is 1. The first-order valence-corrected chi connectivity index (χ1v) is 10.5. The van der Waals surface area contributed by atoms with Gasteiger partial charge in [0.2, 0.25) is 10.0 Å². The minimum atomic E-state index is -3.73. The molecule has 0 aliphatic carbocycles. The van der Waals surface area contributed by atoms with E-state index in [0.29, 0.717) is 5.56 Å². The molecule has 162 valence electrons. The number of carbonyl (C=O) groups excluding carboxylic acids is 2. The van der Waals surface area contributed by atoms with E-state index in [1.165, 1.54) is 55.5 Å². The van der Waals surface area contributed by atoms with Gasteiger partial charge in [-0.25, -0.2) is 22.3 Å². The van der Waals surface area contributed by atoms with Gasteiger partial charge in [0, 0.05) is 20.1 Å². The zero-order chi connectivity index (χ0) is 22.3. The summed E-state index contributed by atoms with van der Waals surface area (Å²) in [6, 6.07) is 9.65. The minimum Gasteiger partial charge on any atom is -0.494 e. The Morgan fingerprint density at radius 2 is 1.90 bits per heavy atom. The Hall–Kier alpha value is -2.98. The molecule has 0 aliphatic rings. The Labute approximate surface area is 174 Å². The van der Waals surface area contributed by atoms with Gasteiger partial charge < -0.3 is 14.4 Å². The molecule has 0 saturated carbocycles. The molecular weight excluding hydrogens is 415 g/mol. The molecule has 0 spiro atoms. The molecule has 0 heterocycles. The quantitative estimate of drug-likeness (QED) is 0.601. The number of hydrogen-bond donors (Lipinski definition) is 1. The maximum Gasteiger partial charge on any atom is 0.338 e. The van der Waals surface area contributed by atoms with Crippen molar-refractivity contribution in [3.05, 3.63) is 59.4 Å². The van der Waals surface area contributed by atoms with Crippen molar-refractivity contribution < 1.29 is 31.9 Å². The average molecular weight is 438 g/mol. The first-order valence-electron chi connectivity index (χ1n) is 9.01. The molecule has 0 atom stereocenters. The number of esters is 1. The molecule has 10 heteroatoms. The fourth-order valence-electron chi connectivity index (χ4n) is 2.55. The molecule has 8 nitrogen and oxygen atoms in total. The van der Waals surface area contributed by atoms with E-state index in [1.54, 1.807) is 13.0 Å². The number of benzene rings is 2. The largest absolute Gasteiger partial charge is 0.494 e. The van der Waals surface area contributed by atoms with Crippen molar-refractivity contribution >= 4 is 21.9 Å². The molecule has 0 aliphatic heterocycles. The van der Waals surface area contributed by atoms with Crippen LogP contribution in [0.4, 0.5) is 4.39 Å². The van der Waals surface area contributed by atoms with Gasteiger partial charge in [-0.1, -0.05) is 19.1 Å². The van der Waals surface area contributed by atoms with E-state index in [-0.39, 0.29) is 29.3 Å². The molecular formula is C20H23FN2O6S. The summed E-state index contributed by atoms with van der Waals surface area (Å²) in [5, 5.41) is 0. The van der Waals surface area contributed by atoms with Gasteiger partial charge in [0.1, 0.15) is 0 Å². The second-order valence-corrected chi connectivity index (χ2v) is 8.09. The summed E-state index contributed by atoms with van der Waals surface area (Å²) >= 11 is 0. The van der Waals surface area contributed by atoms with E-state index in [4.69, 9.17) is 9.47 Å². The summed E-state index contributed by atoms with van der Waals surface area (Å²) < 4.78 is 50.0. The molecule has 2 aromatic carbocycles. The Kier molecular flexibility index (Phi) is 7.90. The van der Waals surface area contributed by atoms with Crippen molar-refractivity contribution in [3.63, 3.8) is 0 Å². The molecule has 0 bridgehead atoms. The predicted octanol–water partition coefficient (Wildman–Crippen LogP) is 1.95. The highest BCUT2D eigenvalue weighted by Gasteiger charge is 2.18. The maximum absolute atomic E-state index is 13.8. The van der Waals surface area contributed by atoms with Crippen LogP contribution in [0.5, 0.6) is 5.75 Å². The summed E-state index contributed by atoms with van der Waals surface area (Å²) in [6.45, 7) is 1.40. The summed E-state index contributed by atoms with van der Waals surface area (Å²) in [5.41, 5.74) is 0.540. The molecule has 0 radical (unpaired) electrons. The zero-order valence-electron chi connectivity index (χ0n) is 16.8. The van der Waals surface area contributed by atoms with Crippen LogP contribution in [0.2, 0.25) is 0 Å². The summed E-state index contributed by atoms with van der Waals surface area (Å²) in [6.07, 6.45) is 0. The van der Waals surface area contributed by atoms with E-state index >= 15 is 0 Å². The molecule has 2 rings (SSSR count). The van der Waals surface area contributed by atoms with E-state index in [0.717, 1.165) is 0 Å². The Morgan fingerprint density at radius 1 is 1.17 bits per heavy atom. The lowest BCUT2D eigenvalue weighted by atomic mass is 10.2. The number of amides is 1. The third-order valence-electron chi connectivity index (χ3n) is 4.10. The lowest BCUT2D eigenvalue weighted by Gasteiger charge is -2.17. The van der Waals surface area contributed by atoms with Gasteiger partial charge in [0.05, 0.1) is 17.6 Å². The number of carbonyl (C=O) groups is 2. The minimum absolute atomic E-state index is 0.00153. The van der Waals surface area contributed by atoms with Crippen molar-refractivity contribution in [3.8, 4) is 5.75 Å². The van der Waals surface area contributed by atoms with Crippen molar-refractivity contribution in [2.24, 2.45) is 0 Å². The third-order valence-corrected chi connectivity index (χ3v) is 5.65. The van der Waals surface area contributed by atoms with Crippen LogP contribution in [0, 0.1) is 5.82 Å². The van der Waals surface area contributed by atoms with Crippen LogP contribution in [0.1, 0.15) is 22.8 Å². The lowest BCUT2D eigenvalue weighted by Crippen LogP contribution is -2.31. The van der Waals surface area contributed by atoms with Gasteiger partial charge >= 0.3 is 5.97 Å². The number of nitrogens with one attached hydrogen (secondary N) is 1. The molecule has 1 N–H and O–H groups in total. The monoisotopic (exact) mass is 438 g/mol. The van der Waals surface area contributed by atoms with Crippen LogP contribution in [0.25, 0.3) is 0 Å². The molecule has 30 heavy (non-hydrogen) atoms. The maximum atomic E-state index is 13.8.